The number of fused-ring (bicyclic) bond motifs is 1. The predicted molar refractivity (Wildman–Crippen MR) is 114 cm³/mol. The Hall–Kier alpha value is -2.92. The number of rotatable bonds is 4. The third-order valence-corrected chi connectivity index (χ3v) is 5.53. The summed E-state index contributed by atoms with van der Waals surface area (Å²) in [6.45, 7) is 1.86. The molecule has 0 radical (unpaired) electrons. The van der Waals surface area contributed by atoms with Crippen molar-refractivity contribution in [2.45, 2.75) is 32.2 Å². The van der Waals surface area contributed by atoms with E-state index in [0.717, 1.165) is 36.3 Å². The number of aryl methyl sites for hydroxylation is 2. The maximum absolute atomic E-state index is 12.0. The molecule has 0 spiro atoms. The van der Waals surface area contributed by atoms with Crippen LogP contribution in [0.4, 0.5) is 5.82 Å². The number of benzene rings is 2. The van der Waals surface area contributed by atoms with Crippen molar-refractivity contribution < 1.29 is 9.53 Å². The summed E-state index contributed by atoms with van der Waals surface area (Å²) in [5.74, 6) is 0.951. The number of aromatic nitrogens is 2. The van der Waals surface area contributed by atoms with Crippen LogP contribution in [0.25, 0.3) is 11.3 Å². The molecule has 6 heteroatoms. The number of hydrogen-bond donors (Lipinski definition) is 1. The predicted octanol–water partition coefficient (Wildman–Crippen LogP) is 5.38. The molecule has 1 aliphatic carbocycles. The highest BCUT2D eigenvalue weighted by molar-refractivity contribution is 6.33. The van der Waals surface area contributed by atoms with E-state index >= 15 is 0 Å². The lowest BCUT2D eigenvalue weighted by Crippen LogP contribution is -2.18. The molecule has 0 saturated heterocycles. The zero-order valence-corrected chi connectivity index (χ0v) is 17.2. The zero-order chi connectivity index (χ0) is 20.4. The first-order valence-electron chi connectivity index (χ1n) is 9.63. The Balaban J connectivity index is 1.67. The molecule has 148 valence electrons. The minimum Gasteiger partial charge on any atom is -0.465 e. The molecule has 0 bridgehead atoms. The van der Waals surface area contributed by atoms with E-state index in [1.54, 1.807) is 12.1 Å². The van der Waals surface area contributed by atoms with Crippen molar-refractivity contribution in [3.05, 3.63) is 76.1 Å². The maximum atomic E-state index is 12.0. The largest absolute Gasteiger partial charge is 0.465 e. The molecule has 0 saturated carbocycles. The van der Waals surface area contributed by atoms with E-state index in [-0.39, 0.29) is 6.04 Å². The maximum Gasteiger partial charge on any atom is 0.339 e. The third kappa shape index (κ3) is 4.10. The normalized spacial score (nSPS) is 15.5. The molecule has 5 nitrogen and oxygen atoms in total. The van der Waals surface area contributed by atoms with Crippen LogP contribution >= 0.6 is 11.6 Å². The molecule has 0 fully saturated rings. The lowest BCUT2D eigenvalue weighted by atomic mass is 9.88. The molecule has 29 heavy (non-hydrogen) atoms. The third-order valence-electron chi connectivity index (χ3n) is 5.20. The molecule has 1 aromatic heterocycles. The number of hydrogen-bond acceptors (Lipinski definition) is 5. The van der Waals surface area contributed by atoms with Crippen LogP contribution in [0.2, 0.25) is 5.02 Å². The van der Waals surface area contributed by atoms with Gasteiger partial charge in [0.25, 0.3) is 0 Å². The van der Waals surface area contributed by atoms with Crippen molar-refractivity contribution in [1.82, 2.24) is 9.97 Å². The highest BCUT2D eigenvalue weighted by atomic mass is 35.5. The average molecular weight is 408 g/mol. The van der Waals surface area contributed by atoms with Crippen LogP contribution in [-0.4, -0.2) is 23.0 Å². The summed E-state index contributed by atoms with van der Waals surface area (Å²) in [4.78, 5) is 21.1. The Labute approximate surface area is 175 Å². The van der Waals surface area contributed by atoms with Gasteiger partial charge in [-0.05, 0) is 49.4 Å². The second-order valence-corrected chi connectivity index (χ2v) is 7.57. The van der Waals surface area contributed by atoms with Crippen LogP contribution in [-0.2, 0) is 11.2 Å². The van der Waals surface area contributed by atoms with Gasteiger partial charge in [0, 0.05) is 11.6 Å². The molecule has 1 N–H and O–H groups in total. The molecule has 1 atom stereocenters. The van der Waals surface area contributed by atoms with Gasteiger partial charge in [-0.1, -0.05) is 41.9 Å². The van der Waals surface area contributed by atoms with Crippen molar-refractivity contribution in [2.75, 3.05) is 12.4 Å². The zero-order valence-electron chi connectivity index (χ0n) is 16.4. The van der Waals surface area contributed by atoms with Gasteiger partial charge in [0.2, 0.25) is 0 Å². The van der Waals surface area contributed by atoms with E-state index in [9.17, 15) is 4.79 Å². The number of methoxy groups -OCH3 is 1. The first-order valence-corrected chi connectivity index (χ1v) is 10.0. The number of nitrogens with zero attached hydrogens (tertiary/aromatic N) is 2. The van der Waals surface area contributed by atoms with Crippen molar-refractivity contribution in [3.8, 4) is 11.3 Å². The summed E-state index contributed by atoms with van der Waals surface area (Å²) < 4.78 is 4.82. The van der Waals surface area contributed by atoms with Crippen LogP contribution in [0, 0.1) is 6.92 Å². The minimum atomic E-state index is -0.472. The minimum absolute atomic E-state index is 0.220. The number of carbonyl (C=O) groups is 1. The number of esters is 1. The lowest BCUT2D eigenvalue weighted by Gasteiger charge is -2.27. The molecule has 1 heterocycles. The van der Waals surface area contributed by atoms with Crippen LogP contribution in [0.5, 0.6) is 0 Å². The Morgan fingerprint density at radius 1 is 1.17 bits per heavy atom. The Kier molecular flexibility index (Phi) is 5.49. The quantitative estimate of drug-likeness (QED) is 0.588. The van der Waals surface area contributed by atoms with Gasteiger partial charge >= 0.3 is 5.97 Å². The topological polar surface area (TPSA) is 64.1 Å². The van der Waals surface area contributed by atoms with Crippen molar-refractivity contribution in [2.24, 2.45) is 0 Å². The van der Waals surface area contributed by atoms with Gasteiger partial charge in [-0.2, -0.15) is 0 Å². The van der Waals surface area contributed by atoms with Gasteiger partial charge in [-0.3, -0.25) is 0 Å². The van der Waals surface area contributed by atoms with Gasteiger partial charge in [0.1, 0.15) is 11.6 Å². The number of halogens is 1. The molecule has 4 rings (SSSR count). The van der Waals surface area contributed by atoms with Crippen molar-refractivity contribution in [1.29, 1.82) is 0 Å². The van der Waals surface area contributed by atoms with Crippen LogP contribution in [0.3, 0.4) is 0 Å². The first-order chi connectivity index (χ1) is 14.0. The summed E-state index contributed by atoms with van der Waals surface area (Å²) in [7, 11) is 1.34. The van der Waals surface area contributed by atoms with Gasteiger partial charge < -0.3 is 10.1 Å². The smallest absolute Gasteiger partial charge is 0.339 e. The molecule has 0 aliphatic heterocycles. The number of ether oxygens (including phenoxy) is 1. The number of nitrogens with one attached hydrogen (secondary N) is 1. The Morgan fingerprint density at radius 3 is 2.83 bits per heavy atom. The fraction of sp³-hybridized carbons (Fsp3) is 0.261. The van der Waals surface area contributed by atoms with Crippen molar-refractivity contribution in [3.63, 3.8) is 0 Å². The van der Waals surface area contributed by atoms with E-state index in [1.165, 1.54) is 18.2 Å². The summed E-state index contributed by atoms with van der Waals surface area (Å²) in [6.07, 6.45) is 3.32. The summed E-state index contributed by atoms with van der Waals surface area (Å²) in [5, 5.41) is 3.93. The van der Waals surface area contributed by atoms with Crippen LogP contribution < -0.4 is 5.32 Å². The molecular weight excluding hydrogens is 386 g/mol. The fourth-order valence-corrected chi connectivity index (χ4v) is 4.02. The molecule has 2 aromatic carbocycles. The summed E-state index contributed by atoms with van der Waals surface area (Å²) in [6, 6.07) is 15.9. The second kappa shape index (κ2) is 8.21. The molecule has 0 unspecified atom stereocenters. The molecule has 1 aliphatic rings. The Bertz CT molecular complexity index is 1070. The van der Waals surface area contributed by atoms with E-state index < -0.39 is 5.97 Å². The van der Waals surface area contributed by atoms with E-state index in [1.807, 2.05) is 19.1 Å². The van der Waals surface area contributed by atoms with E-state index in [2.05, 4.69) is 39.6 Å². The first kappa shape index (κ1) is 19.4. The van der Waals surface area contributed by atoms with Gasteiger partial charge in [-0.15, -0.1) is 0 Å². The van der Waals surface area contributed by atoms with Gasteiger partial charge in [0.15, 0.2) is 0 Å². The van der Waals surface area contributed by atoms with Gasteiger partial charge in [0.05, 0.1) is 29.4 Å². The molecule has 3 aromatic rings. The average Bonchev–Trinajstić information content (AvgIpc) is 2.73. The lowest BCUT2D eigenvalue weighted by molar-refractivity contribution is 0.0601. The molecular formula is C23H22ClN3O2. The SMILES string of the molecule is COC(=O)c1cc(-c2cc(N[C@@H]3CCCc4ccccc43)nc(C)n2)ccc1Cl. The van der Waals surface area contributed by atoms with Crippen LogP contribution in [0.1, 0.15) is 46.2 Å². The van der Waals surface area contributed by atoms with Crippen molar-refractivity contribution >= 4 is 23.4 Å². The second-order valence-electron chi connectivity index (χ2n) is 7.16. The highest BCUT2D eigenvalue weighted by Crippen LogP contribution is 2.33. The number of anilines is 1. The standard InChI is InChI=1S/C23H22ClN3O2/c1-14-25-21(16-10-11-19(24)18(12-16)23(28)29-2)13-22(26-14)27-20-9-5-7-15-6-3-4-8-17(15)20/h3-4,6,8,10-13,20H,5,7,9H2,1-2H3,(H,25,26,27)/t20-/m1/s1. The summed E-state index contributed by atoms with van der Waals surface area (Å²) in [5.41, 5.74) is 4.55. The van der Waals surface area contributed by atoms with E-state index in [0.29, 0.717) is 16.4 Å². The highest BCUT2D eigenvalue weighted by Gasteiger charge is 2.20. The monoisotopic (exact) mass is 407 g/mol. The fourth-order valence-electron chi connectivity index (χ4n) is 3.82. The molecule has 0 amide bonds. The van der Waals surface area contributed by atoms with Gasteiger partial charge in [-0.25, -0.2) is 14.8 Å². The summed E-state index contributed by atoms with van der Waals surface area (Å²) >= 11 is 6.15. The van der Waals surface area contributed by atoms with E-state index in [4.69, 9.17) is 16.3 Å². The number of carbonyl (C=O) groups excluding carboxylic acids is 1. The van der Waals surface area contributed by atoms with Crippen LogP contribution in [0.15, 0.2) is 48.5 Å². The Morgan fingerprint density at radius 2 is 2.00 bits per heavy atom.